The summed E-state index contributed by atoms with van der Waals surface area (Å²) in [5, 5.41) is 3.92. The normalized spacial score (nSPS) is 31.3. The molecule has 1 amide bonds. The Labute approximate surface area is 162 Å². The molecule has 2 bridgehead atoms. The van der Waals surface area contributed by atoms with Crippen LogP contribution in [-0.4, -0.2) is 52.6 Å². The van der Waals surface area contributed by atoms with Crippen molar-refractivity contribution in [2.24, 2.45) is 5.92 Å². The lowest BCUT2D eigenvalue weighted by molar-refractivity contribution is -0.00366. The van der Waals surface area contributed by atoms with Gasteiger partial charge in [0, 0.05) is 18.5 Å². The Morgan fingerprint density at radius 1 is 1.18 bits per heavy atom. The Kier molecular flexibility index (Phi) is 4.05. The second-order valence-electron chi connectivity index (χ2n) is 8.26. The summed E-state index contributed by atoms with van der Waals surface area (Å²) in [5.41, 5.74) is 1.44. The number of hydrogen-bond acceptors (Lipinski definition) is 4. The van der Waals surface area contributed by atoms with Crippen LogP contribution in [0, 0.1) is 31.4 Å². The largest absolute Gasteiger partial charge is 0.361 e. The maximum Gasteiger partial charge on any atom is 0.259 e. The van der Waals surface area contributed by atoms with Crippen molar-refractivity contribution in [3.63, 3.8) is 0 Å². The molecule has 5 nitrogen and oxygen atoms in total. The molecular formula is C21H23F2N3O2. The van der Waals surface area contributed by atoms with E-state index in [9.17, 15) is 13.6 Å². The molecule has 0 radical (unpaired) electrons. The number of fused-ring (bicyclic) bond motifs is 2. The summed E-state index contributed by atoms with van der Waals surface area (Å²) >= 11 is 0. The molecule has 148 valence electrons. The fraction of sp³-hybridized carbons (Fsp3) is 0.524. The molecule has 0 unspecified atom stereocenters. The Bertz CT molecular complexity index is 916. The summed E-state index contributed by atoms with van der Waals surface area (Å²) < 4.78 is 33.8. The molecule has 1 aromatic carbocycles. The Morgan fingerprint density at radius 2 is 1.93 bits per heavy atom. The van der Waals surface area contributed by atoms with Crippen molar-refractivity contribution in [1.82, 2.24) is 15.0 Å². The molecule has 3 atom stereocenters. The van der Waals surface area contributed by atoms with Crippen LogP contribution in [-0.2, 0) is 0 Å². The lowest BCUT2D eigenvalue weighted by Crippen LogP contribution is -2.60. The number of carbonyl (C=O) groups is 1. The van der Waals surface area contributed by atoms with Crippen molar-refractivity contribution < 1.29 is 18.1 Å². The van der Waals surface area contributed by atoms with E-state index >= 15 is 0 Å². The third-order valence-corrected chi connectivity index (χ3v) is 6.88. The molecule has 2 aromatic rings. The lowest BCUT2D eigenvalue weighted by atomic mass is 9.75. The van der Waals surface area contributed by atoms with Crippen LogP contribution in [0.2, 0.25) is 0 Å². The average molecular weight is 387 g/mol. The summed E-state index contributed by atoms with van der Waals surface area (Å²) in [7, 11) is 0. The molecular weight excluding hydrogens is 364 g/mol. The van der Waals surface area contributed by atoms with Gasteiger partial charge < -0.3 is 9.42 Å². The molecule has 28 heavy (non-hydrogen) atoms. The number of nitrogens with zero attached hydrogens (tertiary/aromatic N) is 3. The van der Waals surface area contributed by atoms with Crippen molar-refractivity contribution in [3.8, 4) is 0 Å². The first kappa shape index (κ1) is 17.8. The van der Waals surface area contributed by atoms with Crippen molar-refractivity contribution >= 4 is 5.91 Å². The van der Waals surface area contributed by atoms with Crippen LogP contribution < -0.4 is 0 Å². The van der Waals surface area contributed by atoms with Gasteiger partial charge in [-0.3, -0.25) is 9.69 Å². The summed E-state index contributed by atoms with van der Waals surface area (Å²) in [6.45, 7) is 5.78. The molecule has 0 N–H and O–H groups in total. The molecule has 4 fully saturated rings. The lowest BCUT2D eigenvalue weighted by Gasteiger charge is -2.51. The quantitative estimate of drug-likeness (QED) is 0.794. The topological polar surface area (TPSA) is 49.6 Å². The van der Waals surface area contributed by atoms with Crippen LogP contribution in [0.25, 0.3) is 0 Å². The first-order valence-corrected chi connectivity index (χ1v) is 9.89. The number of benzene rings is 1. The molecule has 0 saturated carbocycles. The molecule has 6 rings (SSSR count). The number of likely N-dealkylation sites (tertiary alicyclic amines) is 1. The number of amides is 1. The smallest absolute Gasteiger partial charge is 0.259 e. The van der Waals surface area contributed by atoms with Gasteiger partial charge >= 0.3 is 0 Å². The van der Waals surface area contributed by atoms with Crippen molar-refractivity contribution in [2.75, 3.05) is 19.6 Å². The molecule has 4 aliphatic heterocycles. The van der Waals surface area contributed by atoms with Crippen molar-refractivity contribution in [1.29, 1.82) is 0 Å². The van der Waals surface area contributed by atoms with Gasteiger partial charge in [0.1, 0.15) is 11.3 Å². The maximum atomic E-state index is 14.7. The first-order chi connectivity index (χ1) is 13.5. The molecule has 5 heterocycles. The minimum Gasteiger partial charge on any atom is -0.361 e. The number of hydrogen-bond donors (Lipinski definition) is 0. The van der Waals surface area contributed by atoms with Gasteiger partial charge in [-0.05, 0) is 57.3 Å². The van der Waals surface area contributed by atoms with Gasteiger partial charge in [0.05, 0.1) is 11.7 Å². The van der Waals surface area contributed by atoms with Crippen LogP contribution in [0.15, 0.2) is 22.7 Å². The van der Waals surface area contributed by atoms with E-state index in [4.69, 9.17) is 4.52 Å². The van der Waals surface area contributed by atoms with E-state index in [1.165, 1.54) is 0 Å². The number of rotatable bonds is 2. The van der Waals surface area contributed by atoms with Gasteiger partial charge in [0.25, 0.3) is 5.91 Å². The van der Waals surface area contributed by atoms with Gasteiger partial charge in [-0.1, -0.05) is 17.3 Å². The summed E-state index contributed by atoms with van der Waals surface area (Å²) in [4.78, 5) is 17.7. The Balaban J connectivity index is 1.58. The Hall–Kier alpha value is -2.28. The highest BCUT2D eigenvalue weighted by atomic mass is 19.2. The van der Waals surface area contributed by atoms with E-state index in [0.29, 0.717) is 35.0 Å². The molecule has 4 aliphatic rings. The molecule has 0 spiro atoms. The molecule has 4 saturated heterocycles. The number of piperidine rings is 3. The number of aryl methyl sites for hydroxylation is 2. The van der Waals surface area contributed by atoms with E-state index in [2.05, 4.69) is 10.1 Å². The predicted octanol–water partition coefficient (Wildman–Crippen LogP) is 3.27. The summed E-state index contributed by atoms with van der Waals surface area (Å²) in [5.74, 6) is -1.09. The fourth-order valence-corrected chi connectivity index (χ4v) is 5.67. The van der Waals surface area contributed by atoms with E-state index in [1.54, 1.807) is 26.0 Å². The van der Waals surface area contributed by atoms with Crippen LogP contribution >= 0.6 is 0 Å². The molecule has 0 aliphatic carbocycles. The highest BCUT2D eigenvalue weighted by Crippen LogP contribution is 2.47. The zero-order valence-electron chi connectivity index (χ0n) is 16.0. The summed E-state index contributed by atoms with van der Waals surface area (Å²) in [6, 6.07) is 4.39. The van der Waals surface area contributed by atoms with Crippen LogP contribution in [0.5, 0.6) is 0 Å². The monoisotopic (exact) mass is 387 g/mol. The van der Waals surface area contributed by atoms with Crippen LogP contribution in [0.1, 0.15) is 46.1 Å². The minimum absolute atomic E-state index is 0.0105. The van der Waals surface area contributed by atoms with E-state index in [0.717, 1.165) is 32.0 Å². The predicted molar refractivity (Wildman–Crippen MR) is 98.0 cm³/mol. The van der Waals surface area contributed by atoms with E-state index in [1.807, 2.05) is 4.90 Å². The Morgan fingerprint density at radius 3 is 2.61 bits per heavy atom. The van der Waals surface area contributed by atoms with Crippen molar-refractivity contribution in [3.05, 3.63) is 52.4 Å². The third-order valence-electron chi connectivity index (χ3n) is 6.88. The van der Waals surface area contributed by atoms with Gasteiger partial charge in [0.15, 0.2) is 11.6 Å². The first-order valence-electron chi connectivity index (χ1n) is 9.89. The number of halogens is 2. The van der Waals surface area contributed by atoms with Gasteiger partial charge in [0.2, 0.25) is 0 Å². The fourth-order valence-electron chi connectivity index (χ4n) is 5.67. The maximum absolute atomic E-state index is 14.7. The zero-order valence-corrected chi connectivity index (χ0v) is 16.0. The second kappa shape index (κ2) is 6.37. The van der Waals surface area contributed by atoms with Crippen LogP contribution in [0.3, 0.4) is 0 Å². The van der Waals surface area contributed by atoms with E-state index < -0.39 is 11.6 Å². The highest BCUT2D eigenvalue weighted by molar-refractivity contribution is 5.96. The standard InChI is InChI=1S/C21H23F2N3O2/c1-11-17(12(2)28-24-11)21(27)26-10-15(14-4-3-5-16(22)18(14)23)20-19(26)13-6-8-25(20)9-7-13/h3-5,13,15,19-20H,6-10H2,1-2H3/t15-,19+,20+/m0/s1. The van der Waals surface area contributed by atoms with Crippen molar-refractivity contribution in [2.45, 2.75) is 44.7 Å². The number of carbonyl (C=O) groups excluding carboxylic acids is 1. The molecule has 1 aromatic heterocycles. The highest BCUT2D eigenvalue weighted by Gasteiger charge is 2.55. The SMILES string of the molecule is Cc1noc(C)c1C(=O)N1C[C@@H](c2cccc(F)c2F)[C@@H]2[C@H]1C1CCN2CC1. The van der Waals surface area contributed by atoms with Crippen LogP contribution in [0.4, 0.5) is 8.78 Å². The average Bonchev–Trinajstić information content (AvgIpc) is 3.27. The van der Waals surface area contributed by atoms with Gasteiger partial charge in [-0.25, -0.2) is 8.78 Å². The summed E-state index contributed by atoms with van der Waals surface area (Å²) in [6.07, 6.45) is 2.07. The minimum atomic E-state index is -0.833. The van der Waals surface area contributed by atoms with E-state index in [-0.39, 0.29) is 23.9 Å². The van der Waals surface area contributed by atoms with Gasteiger partial charge in [-0.2, -0.15) is 0 Å². The second-order valence-corrected chi connectivity index (χ2v) is 8.26. The van der Waals surface area contributed by atoms with Gasteiger partial charge in [-0.15, -0.1) is 0 Å². The third kappa shape index (κ3) is 2.45. The number of aromatic nitrogens is 1. The molecule has 7 heteroatoms. The zero-order chi connectivity index (χ0) is 19.6.